The maximum atomic E-state index is 12.6. The van der Waals surface area contributed by atoms with Crippen molar-refractivity contribution >= 4 is 11.6 Å². The molecular weight excluding hydrogens is 376 g/mol. The van der Waals surface area contributed by atoms with Gasteiger partial charge in [-0.05, 0) is 50.5 Å². The molecule has 6 nitrogen and oxygen atoms in total. The van der Waals surface area contributed by atoms with E-state index < -0.39 is 0 Å². The second-order valence-electron chi connectivity index (χ2n) is 7.66. The van der Waals surface area contributed by atoms with Gasteiger partial charge in [0.2, 0.25) is 5.76 Å². The van der Waals surface area contributed by atoms with E-state index in [1.807, 2.05) is 61.7 Å². The minimum absolute atomic E-state index is 0.178. The Labute approximate surface area is 174 Å². The van der Waals surface area contributed by atoms with Gasteiger partial charge in [-0.2, -0.15) is 0 Å². The number of hydrogen-bond acceptors (Lipinski definition) is 4. The minimum atomic E-state index is -0.327. The molecule has 3 heterocycles. The van der Waals surface area contributed by atoms with Gasteiger partial charge in [0.05, 0.1) is 0 Å². The fourth-order valence-electron chi connectivity index (χ4n) is 3.80. The SMILES string of the molecule is Cc1ccc(-c2cc(C(=O)Nc3ccc(-c4ncc5n4CCCC5)cc3)on2)cc1. The lowest BCUT2D eigenvalue weighted by Gasteiger charge is -2.16. The van der Waals surface area contributed by atoms with Crippen molar-refractivity contribution in [3.05, 3.63) is 77.8 Å². The molecule has 0 aliphatic carbocycles. The standard InChI is InChI=1S/C24H22N4O2/c1-16-5-7-17(8-6-16)21-14-22(30-27-21)24(29)26-19-11-9-18(10-12-19)23-25-15-20-4-2-3-13-28(20)23/h5-12,14-15H,2-4,13H2,1H3,(H,26,29). The molecular formula is C24H22N4O2. The summed E-state index contributed by atoms with van der Waals surface area (Å²) in [5.74, 6) is 0.837. The van der Waals surface area contributed by atoms with Gasteiger partial charge in [-0.25, -0.2) is 4.98 Å². The summed E-state index contributed by atoms with van der Waals surface area (Å²) < 4.78 is 7.54. The van der Waals surface area contributed by atoms with Crippen LogP contribution in [-0.4, -0.2) is 20.6 Å². The molecule has 1 aliphatic rings. The number of carbonyl (C=O) groups is 1. The molecule has 150 valence electrons. The monoisotopic (exact) mass is 398 g/mol. The van der Waals surface area contributed by atoms with Crippen molar-refractivity contribution in [1.29, 1.82) is 0 Å². The van der Waals surface area contributed by atoms with Gasteiger partial charge in [0, 0.05) is 41.3 Å². The summed E-state index contributed by atoms with van der Waals surface area (Å²) in [7, 11) is 0. The van der Waals surface area contributed by atoms with E-state index >= 15 is 0 Å². The summed E-state index contributed by atoms with van der Waals surface area (Å²) in [5, 5.41) is 6.89. The van der Waals surface area contributed by atoms with Gasteiger partial charge >= 0.3 is 0 Å². The van der Waals surface area contributed by atoms with Crippen LogP contribution in [0.1, 0.15) is 34.7 Å². The summed E-state index contributed by atoms with van der Waals surface area (Å²) in [6, 6.07) is 17.3. The largest absolute Gasteiger partial charge is 0.350 e. The van der Waals surface area contributed by atoms with Crippen LogP contribution in [0.15, 0.2) is 65.3 Å². The van der Waals surface area contributed by atoms with Crippen LogP contribution in [0.3, 0.4) is 0 Å². The molecule has 0 spiro atoms. The van der Waals surface area contributed by atoms with E-state index in [-0.39, 0.29) is 11.7 Å². The lowest BCUT2D eigenvalue weighted by Crippen LogP contribution is -2.11. The third-order valence-corrected chi connectivity index (χ3v) is 5.49. The van der Waals surface area contributed by atoms with E-state index in [4.69, 9.17) is 4.52 Å². The van der Waals surface area contributed by atoms with E-state index in [0.717, 1.165) is 29.9 Å². The Morgan fingerprint density at radius 1 is 1.03 bits per heavy atom. The number of benzene rings is 2. The molecule has 1 aliphatic heterocycles. The third-order valence-electron chi connectivity index (χ3n) is 5.49. The Bertz CT molecular complexity index is 1190. The first-order chi connectivity index (χ1) is 14.7. The van der Waals surface area contributed by atoms with Crippen molar-refractivity contribution in [2.24, 2.45) is 0 Å². The number of fused-ring (bicyclic) bond motifs is 1. The first kappa shape index (κ1) is 18.4. The van der Waals surface area contributed by atoms with Crippen LogP contribution in [0, 0.1) is 6.92 Å². The predicted octanol–water partition coefficient (Wildman–Crippen LogP) is 5.10. The summed E-state index contributed by atoms with van der Waals surface area (Å²) in [6.07, 6.45) is 5.47. The Balaban J connectivity index is 1.30. The number of aryl methyl sites for hydroxylation is 2. The van der Waals surface area contributed by atoms with Crippen molar-refractivity contribution in [3.63, 3.8) is 0 Å². The Kier molecular flexibility index (Phi) is 4.67. The van der Waals surface area contributed by atoms with Gasteiger partial charge in [0.15, 0.2) is 0 Å². The van der Waals surface area contributed by atoms with Crippen molar-refractivity contribution in [2.45, 2.75) is 32.7 Å². The van der Waals surface area contributed by atoms with E-state index in [9.17, 15) is 4.79 Å². The highest BCUT2D eigenvalue weighted by Crippen LogP contribution is 2.26. The third kappa shape index (κ3) is 3.52. The molecule has 0 bridgehead atoms. The number of nitrogens with zero attached hydrogens (tertiary/aromatic N) is 3. The normalized spacial score (nSPS) is 13.1. The maximum Gasteiger partial charge on any atom is 0.294 e. The van der Waals surface area contributed by atoms with E-state index in [2.05, 4.69) is 20.0 Å². The van der Waals surface area contributed by atoms with E-state index in [1.54, 1.807) is 6.07 Å². The van der Waals surface area contributed by atoms with Crippen LogP contribution in [0.5, 0.6) is 0 Å². The molecule has 0 fully saturated rings. The van der Waals surface area contributed by atoms with Gasteiger partial charge in [-0.3, -0.25) is 4.79 Å². The molecule has 0 atom stereocenters. The van der Waals surface area contributed by atoms with Crippen molar-refractivity contribution < 1.29 is 9.32 Å². The second-order valence-corrected chi connectivity index (χ2v) is 7.66. The number of imidazole rings is 1. The van der Waals surface area contributed by atoms with Crippen LogP contribution < -0.4 is 5.32 Å². The lowest BCUT2D eigenvalue weighted by molar-refractivity contribution is 0.0988. The van der Waals surface area contributed by atoms with E-state index in [1.165, 1.54) is 24.1 Å². The van der Waals surface area contributed by atoms with Crippen LogP contribution in [0.4, 0.5) is 5.69 Å². The quantitative estimate of drug-likeness (QED) is 0.519. The first-order valence-corrected chi connectivity index (χ1v) is 10.2. The lowest BCUT2D eigenvalue weighted by atomic mass is 10.1. The smallest absolute Gasteiger partial charge is 0.294 e. The highest BCUT2D eigenvalue weighted by molar-refractivity contribution is 6.02. The number of rotatable bonds is 4. The molecule has 2 aromatic carbocycles. The van der Waals surface area contributed by atoms with Crippen LogP contribution in [0.25, 0.3) is 22.6 Å². The number of hydrogen-bond donors (Lipinski definition) is 1. The van der Waals surface area contributed by atoms with E-state index in [0.29, 0.717) is 11.4 Å². The summed E-state index contributed by atoms with van der Waals surface area (Å²) in [5.41, 5.74) is 5.75. The number of anilines is 1. The number of aromatic nitrogens is 3. The molecule has 0 radical (unpaired) electrons. The second kappa shape index (κ2) is 7.63. The Morgan fingerprint density at radius 3 is 2.60 bits per heavy atom. The topological polar surface area (TPSA) is 73.0 Å². The van der Waals surface area contributed by atoms with Crippen LogP contribution in [-0.2, 0) is 13.0 Å². The molecule has 4 aromatic rings. The number of carbonyl (C=O) groups excluding carboxylic acids is 1. The predicted molar refractivity (Wildman–Crippen MR) is 115 cm³/mol. The molecule has 0 saturated heterocycles. The van der Waals surface area contributed by atoms with Gasteiger partial charge in [0.25, 0.3) is 5.91 Å². The fraction of sp³-hybridized carbons (Fsp3) is 0.208. The number of nitrogens with one attached hydrogen (secondary N) is 1. The highest BCUT2D eigenvalue weighted by atomic mass is 16.5. The molecule has 0 saturated carbocycles. The summed E-state index contributed by atoms with van der Waals surface area (Å²) in [4.78, 5) is 17.2. The van der Waals surface area contributed by atoms with Crippen molar-refractivity contribution in [2.75, 3.05) is 5.32 Å². The van der Waals surface area contributed by atoms with Crippen molar-refractivity contribution in [3.8, 4) is 22.6 Å². The Hall–Kier alpha value is -3.67. The zero-order valence-electron chi connectivity index (χ0n) is 16.8. The van der Waals surface area contributed by atoms with Gasteiger partial charge in [-0.1, -0.05) is 35.0 Å². The summed E-state index contributed by atoms with van der Waals surface area (Å²) in [6.45, 7) is 3.04. The molecule has 1 N–H and O–H groups in total. The summed E-state index contributed by atoms with van der Waals surface area (Å²) >= 11 is 0. The molecule has 30 heavy (non-hydrogen) atoms. The zero-order valence-corrected chi connectivity index (χ0v) is 16.8. The average Bonchev–Trinajstić information content (AvgIpc) is 3.43. The van der Waals surface area contributed by atoms with Gasteiger partial charge in [0.1, 0.15) is 11.5 Å². The Morgan fingerprint density at radius 2 is 1.80 bits per heavy atom. The molecule has 6 heteroatoms. The highest BCUT2D eigenvalue weighted by Gasteiger charge is 2.17. The first-order valence-electron chi connectivity index (χ1n) is 10.2. The average molecular weight is 398 g/mol. The number of amides is 1. The molecule has 1 amide bonds. The zero-order chi connectivity index (χ0) is 20.5. The van der Waals surface area contributed by atoms with Crippen LogP contribution in [0.2, 0.25) is 0 Å². The molecule has 0 unspecified atom stereocenters. The molecule has 2 aromatic heterocycles. The maximum absolute atomic E-state index is 12.6. The molecule has 5 rings (SSSR count). The van der Waals surface area contributed by atoms with Gasteiger partial charge < -0.3 is 14.4 Å². The van der Waals surface area contributed by atoms with Crippen LogP contribution >= 0.6 is 0 Å². The fourth-order valence-corrected chi connectivity index (χ4v) is 3.80. The van der Waals surface area contributed by atoms with Gasteiger partial charge in [-0.15, -0.1) is 0 Å². The van der Waals surface area contributed by atoms with Crippen molar-refractivity contribution in [1.82, 2.24) is 14.7 Å². The minimum Gasteiger partial charge on any atom is -0.350 e.